The molecule has 0 radical (unpaired) electrons. The summed E-state index contributed by atoms with van der Waals surface area (Å²) in [6, 6.07) is 0. The molecular formula is C11H17N3O3. The number of aromatic nitrogens is 2. The summed E-state index contributed by atoms with van der Waals surface area (Å²) in [5.74, 6) is 0. The molecular weight excluding hydrogens is 222 g/mol. The van der Waals surface area contributed by atoms with Crippen LogP contribution in [0.4, 0.5) is 4.79 Å². The van der Waals surface area contributed by atoms with Crippen molar-refractivity contribution in [1.29, 1.82) is 0 Å². The highest BCUT2D eigenvalue weighted by molar-refractivity contribution is 5.70. The molecule has 0 atom stereocenters. The summed E-state index contributed by atoms with van der Waals surface area (Å²) in [5, 5.41) is 7.29. The van der Waals surface area contributed by atoms with Crippen LogP contribution in [-0.2, 0) is 22.4 Å². The van der Waals surface area contributed by atoms with Crippen molar-refractivity contribution in [2.24, 2.45) is 0 Å². The van der Waals surface area contributed by atoms with Crippen molar-refractivity contribution in [2.75, 3.05) is 26.4 Å². The van der Waals surface area contributed by atoms with Gasteiger partial charge in [0.1, 0.15) is 6.61 Å². The molecule has 1 N–H and O–H groups in total. The second kappa shape index (κ2) is 5.79. The fourth-order valence-electron chi connectivity index (χ4n) is 1.80. The number of hydrogen-bond acceptors (Lipinski definition) is 5. The lowest BCUT2D eigenvalue weighted by molar-refractivity contribution is 0.0777. The van der Waals surface area contributed by atoms with Gasteiger partial charge in [0, 0.05) is 31.7 Å². The van der Waals surface area contributed by atoms with Crippen molar-refractivity contribution < 1.29 is 14.3 Å². The average Bonchev–Trinajstić information content (AvgIpc) is 2.78. The van der Waals surface area contributed by atoms with Gasteiger partial charge < -0.3 is 14.8 Å². The second-order valence-electron chi connectivity index (χ2n) is 3.77. The lowest BCUT2D eigenvalue weighted by Gasteiger charge is -2.14. The third kappa shape index (κ3) is 2.83. The monoisotopic (exact) mass is 239 g/mol. The van der Waals surface area contributed by atoms with Gasteiger partial charge in [0.05, 0.1) is 18.5 Å². The van der Waals surface area contributed by atoms with Gasteiger partial charge in [-0.15, -0.1) is 0 Å². The first-order chi connectivity index (χ1) is 8.33. The number of ether oxygens (including phenoxy) is 2. The molecule has 0 spiro atoms. The SMILES string of the molecule is CCOCCOC(=O)n1ncc2c1CCNC2. The van der Waals surface area contributed by atoms with Crippen molar-refractivity contribution in [3.8, 4) is 0 Å². The summed E-state index contributed by atoms with van der Waals surface area (Å²) in [6.07, 6.45) is 2.09. The number of hydrogen-bond donors (Lipinski definition) is 1. The topological polar surface area (TPSA) is 65.4 Å². The largest absolute Gasteiger partial charge is 0.445 e. The molecule has 1 aliphatic heterocycles. The lowest BCUT2D eigenvalue weighted by atomic mass is 10.1. The van der Waals surface area contributed by atoms with Crippen LogP contribution in [0.1, 0.15) is 18.2 Å². The van der Waals surface area contributed by atoms with Crippen LogP contribution in [0.3, 0.4) is 0 Å². The van der Waals surface area contributed by atoms with Crippen LogP contribution in [0.15, 0.2) is 6.20 Å². The summed E-state index contributed by atoms with van der Waals surface area (Å²) in [7, 11) is 0. The number of carbonyl (C=O) groups excluding carboxylic acids is 1. The Morgan fingerprint density at radius 2 is 2.47 bits per heavy atom. The molecule has 1 aromatic heterocycles. The van der Waals surface area contributed by atoms with E-state index in [0.29, 0.717) is 13.2 Å². The predicted octanol–water partition coefficient (Wildman–Crippen LogP) is 0.550. The predicted molar refractivity (Wildman–Crippen MR) is 60.9 cm³/mol. The molecule has 1 aromatic rings. The molecule has 6 nitrogen and oxygen atoms in total. The van der Waals surface area contributed by atoms with Gasteiger partial charge in [0.2, 0.25) is 0 Å². The summed E-state index contributed by atoms with van der Waals surface area (Å²) >= 11 is 0. The Morgan fingerprint density at radius 1 is 1.59 bits per heavy atom. The van der Waals surface area contributed by atoms with E-state index in [1.807, 2.05) is 6.92 Å². The molecule has 94 valence electrons. The van der Waals surface area contributed by atoms with E-state index in [-0.39, 0.29) is 6.61 Å². The Morgan fingerprint density at radius 3 is 3.29 bits per heavy atom. The Labute approximate surface area is 99.9 Å². The van der Waals surface area contributed by atoms with Gasteiger partial charge in [-0.3, -0.25) is 0 Å². The van der Waals surface area contributed by atoms with Crippen LogP contribution < -0.4 is 5.32 Å². The van der Waals surface area contributed by atoms with Gasteiger partial charge in [-0.1, -0.05) is 0 Å². The van der Waals surface area contributed by atoms with Gasteiger partial charge in [-0.2, -0.15) is 9.78 Å². The number of rotatable bonds is 4. The highest BCUT2D eigenvalue weighted by atomic mass is 16.6. The Kier molecular flexibility index (Phi) is 4.11. The molecule has 0 saturated heterocycles. The van der Waals surface area contributed by atoms with Crippen molar-refractivity contribution in [3.05, 3.63) is 17.5 Å². The van der Waals surface area contributed by atoms with E-state index >= 15 is 0 Å². The fourth-order valence-corrected chi connectivity index (χ4v) is 1.80. The standard InChI is InChI=1S/C11H17N3O3/c1-2-16-5-6-17-11(15)14-10-3-4-12-7-9(10)8-13-14/h8,12H,2-7H2,1H3. The number of carbonyl (C=O) groups is 1. The smallest absolute Gasteiger partial charge is 0.435 e. The fraction of sp³-hybridized carbons (Fsp3) is 0.636. The molecule has 17 heavy (non-hydrogen) atoms. The second-order valence-corrected chi connectivity index (χ2v) is 3.77. The molecule has 0 unspecified atom stereocenters. The van der Waals surface area contributed by atoms with Crippen LogP contribution in [0.2, 0.25) is 0 Å². The van der Waals surface area contributed by atoms with E-state index in [1.54, 1.807) is 6.20 Å². The van der Waals surface area contributed by atoms with Gasteiger partial charge in [-0.25, -0.2) is 4.79 Å². The van der Waals surface area contributed by atoms with E-state index in [0.717, 1.165) is 30.8 Å². The minimum absolute atomic E-state index is 0.263. The zero-order valence-corrected chi connectivity index (χ0v) is 9.94. The van der Waals surface area contributed by atoms with E-state index in [2.05, 4.69) is 10.4 Å². The quantitative estimate of drug-likeness (QED) is 0.777. The van der Waals surface area contributed by atoms with Crippen molar-refractivity contribution in [3.63, 3.8) is 0 Å². The third-order valence-electron chi connectivity index (χ3n) is 2.64. The van der Waals surface area contributed by atoms with Crippen LogP contribution >= 0.6 is 0 Å². The first-order valence-corrected chi connectivity index (χ1v) is 5.84. The van der Waals surface area contributed by atoms with Gasteiger partial charge in [-0.05, 0) is 6.92 Å². The molecule has 2 heterocycles. The Hall–Kier alpha value is -1.40. The molecule has 1 aliphatic rings. The molecule has 0 saturated carbocycles. The van der Waals surface area contributed by atoms with Crippen molar-refractivity contribution in [1.82, 2.24) is 15.1 Å². The molecule has 0 aromatic carbocycles. The summed E-state index contributed by atoms with van der Waals surface area (Å²) in [6.45, 7) is 4.85. The number of nitrogens with one attached hydrogen (secondary N) is 1. The minimum atomic E-state index is -0.423. The molecule has 6 heteroatoms. The Bertz CT molecular complexity index is 389. The maximum atomic E-state index is 11.7. The van der Waals surface area contributed by atoms with Crippen LogP contribution in [0, 0.1) is 0 Å². The molecule has 0 amide bonds. The van der Waals surface area contributed by atoms with Gasteiger partial charge >= 0.3 is 6.09 Å². The lowest BCUT2D eigenvalue weighted by Crippen LogP contribution is -2.27. The van der Waals surface area contributed by atoms with Gasteiger partial charge in [0.15, 0.2) is 0 Å². The first kappa shape index (κ1) is 12.1. The zero-order valence-electron chi connectivity index (χ0n) is 9.94. The molecule has 2 rings (SSSR count). The highest BCUT2D eigenvalue weighted by Gasteiger charge is 2.19. The van der Waals surface area contributed by atoms with E-state index in [9.17, 15) is 4.79 Å². The maximum absolute atomic E-state index is 11.7. The average molecular weight is 239 g/mol. The first-order valence-electron chi connectivity index (χ1n) is 5.84. The van der Waals surface area contributed by atoms with Crippen LogP contribution in [0.25, 0.3) is 0 Å². The summed E-state index contributed by atoms with van der Waals surface area (Å²) < 4.78 is 11.5. The molecule has 0 fully saturated rings. The van der Waals surface area contributed by atoms with E-state index < -0.39 is 6.09 Å². The van der Waals surface area contributed by atoms with Crippen molar-refractivity contribution in [2.45, 2.75) is 19.9 Å². The zero-order chi connectivity index (χ0) is 12.1. The normalized spacial score (nSPS) is 14.4. The van der Waals surface area contributed by atoms with Crippen LogP contribution in [0.5, 0.6) is 0 Å². The van der Waals surface area contributed by atoms with E-state index in [1.165, 1.54) is 4.68 Å². The Balaban J connectivity index is 1.92. The minimum Gasteiger partial charge on any atom is -0.445 e. The number of fused-ring (bicyclic) bond motifs is 1. The van der Waals surface area contributed by atoms with Gasteiger partial charge in [0.25, 0.3) is 0 Å². The maximum Gasteiger partial charge on any atom is 0.435 e. The molecule has 0 bridgehead atoms. The number of nitrogens with zero attached hydrogens (tertiary/aromatic N) is 2. The third-order valence-corrected chi connectivity index (χ3v) is 2.64. The van der Waals surface area contributed by atoms with Crippen LogP contribution in [-0.4, -0.2) is 42.2 Å². The van der Waals surface area contributed by atoms with Crippen molar-refractivity contribution >= 4 is 6.09 Å². The summed E-state index contributed by atoms with van der Waals surface area (Å²) in [4.78, 5) is 11.7. The van der Waals surface area contributed by atoms with E-state index in [4.69, 9.17) is 9.47 Å². The molecule has 0 aliphatic carbocycles. The highest BCUT2D eigenvalue weighted by Crippen LogP contribution is 2.13. The summed E-state index contributed by atoms with van der Waals surface area (Å²) in [5.41, 5.74) is 2.02.